The lowest BCUT2D eigenvalue weighted by molar-refractivity contribution is 0.146. The van der Waals surface area contributed by atoms with Crippen LogP contribution < -0.4 is 0 Å². The summed E-state index contributed by atoms with van der Waals surface area (Å²) < 4.78 is 0. The van der Waals surface area contributed by atoms with Gasteiger partial charge in [-0.15, -0.1) is 0 Å². The van der Waals surface area contributed by atoms with Crippen molar-refractivity contribution in [3.05, 3.63) is 0 Å². The molecule has 0 spiro atoms. The summed E-state index contributed by atoms with van der Waals surface area (Å²) in [6.45, 7) is 6.46. The molecule has 0 saturated carbocycles. The zero-order chi connectivity index (χ0) is 13.8. The third-order valence-corrected chi connectivity index (χ3v) is 4.47. The number of nitrogens with zero attached hydrogens (tertiary/aromatic N) is 1. The first kappa shape index (κ1) is 17.0. The van der Waals surface area contributed by atoms with Gasteiger partial charge in [0.2, 0.25) is 0 Å². The van der Waals surface area contributed by atoms with Gasteiger partial charge in [0.1, 0.15) is 0 Å². The van der Waals surface area contributed by atoms with Gasteiger partial charge in [-0.25, -0.2) is 0 Å². The Labute approximate surface area is 120 Å². The highest BCUT2D eigenvalue weighted by Gasteiger charge is 2.18. The summed E-state index contributed by atoms with van der Waals surface area (Å²) in [5.41, 5.74) is 0. The monoisotopic (exact) mass is 269 g/mol. The molecule has 1 N–H and O–H groups in total. The van der Waals surface area contributed by atoms with Crippen LogP contribution in [-0.4, -0.2) is 36.2 Å². The fraction of sp³-hybridized carbons (Fsp3) is 1.00. The fourth-order valence-electron chi connectivity index (χ4n) is 3.24. The lowest BCUT2D eigenvalue weighted by Gasteiger charge is -2.32. The Morgan fingerprint density at radius 3 is 2.37 bits per heavy atom. The number of hydrogen-bond acceptors (Lipinski definition) is 2. The van der Waals surface area contributed by atoms with Crippen LogP contribution in [0, 0.1) is 5.92 Å². The van der Waals surface area contributed by atoms with Crippen LogP contribution in [0.25, 0.3) is 0 Å². The Bertz CT molecular complexity index is 194. The average Bonchev–Trinajstić information content (AvgIpc) is 2.43. The van der Waals surface area contributed by atoms with Crippen molar-refractivity contribution in [2.75, 3.05) is 26.2 Å². The highest BCUT2D eigenvalue weighted by Crippen LogP contribution is 2.19. The molecule has 1 heterocycles. The normalized spacial score (nSPS) is 20.8. The third-order valence-electron chi connectivity index (χ3n) is 4.47. The number of aliphatic hydroxyl groups excluding tert-OH is 1. The maximum absolute atomic E-state index is 9.02. The predicted molar refractivity (Wildman–Crippen MR) is 83.5 cm³/mol. The van der Waals surface area contributed by atoms with Crippen LogP contribution >= 0.6 is 0 Å². The quantitative estimate of drug-likeness (QED) is 0.568. The van der Waals surface area contributed by atoms with E-state index >= 15 is 0 Å². The van der Waals surface area contributed by atoms with Crippen molar-refractivity contribution in [1.29, 1.82) is 0 Å². The van der Waals surface area contributed by atoms with Gasteiger partial charge in [0.25, 0.3) is 0 Å². The van der Waals surface area contributed by atoms with Gasteiger partial charge in [0, 0.05) is 13.2 Å². The first-order valence-corrected chi connectivity index (χ1v) is 8.70. The number of hydrogen-bond donors (Lipinski definition) is 1. The first-order valence-electron chi connectivity index (χ1n) is 8.70. The molecule has 0 aromatic heterocycles. The smallest absolute Gasteiger partial charge is 0.0434 e. The van der Waals surface area contributed by atoms with Crippen LogP contribution in [0.1, 0.15) is 77.6 Å². The number of piperidine rings is 1. The summed E-state index contributed by atoms with van der Waals surface area (Å²) in [4.78, 5) is 2.63. The van der Waals surface area contributed by atoms with Gasteiger partial charge < -0.3 is 10.0 Å². The molecule has 1 aliphatic rings. The highest BCUT2D eigenvalue weighted by atomic mass is 16.3. The number of unbranched alkanes of at least 4 members (excludes halogenated alkanes) is 7. The van der Waals surface area contributed by atoms with Crippen molar-refractivity contribution in [2.24, 2.45) is 5.92 Å². The molecule has 114 valence electrons. The van der Waals surface area contributed by atoms with Gasteiger partial charge in [-0.1, -0.05) is 51.9 Å². The van der Waals surface area contributed by atoms with Crippen molar-refractivity contribution in [3.63, 3.8) is 0 Å². The molecule has 0 aromatic rings. The largest absolute Gasteiger partial charge is 0.396 e. The van der Waals surface area contributed by atoms with Crippen molar-refractivity contribution in [3.8, 4) is 0 Å². The second kappa shape index (κ2) is 11.7. The Hall–Kier alpha value is -0.0800. The summed E-state index contributed by atoms with van der Waals surface area (Å²) in [5.74, 6) is 0.757. The molecular weight excluding hydrogens is 234 g/mol. The van der Waals surface area contributed by atoms with Crippen molar-refractivity contribution in [2.45, 2.75) is 77.6 Å². The first-order chi connectivity index (χ1) is 9.36. The van der Waals surface area contributed by atoms with E-state index in [-0.39, 0.29) is 0 Å². The molecule has 1 unspecified atom stereocenters. The van der Waals surface area contributed by atoms with Crippen LogP contribution in [0.5, 0.6) is 0 Å². The summed E-state index contributed by atoms with van der Waals surface area (Å²) >= 11 is 0. The lowest BCUT2D eigenvalue weighted by atomic mass is 9.95. The molecule has 1 fully saturated rings. The van der Waals surface area contributed by atoms with E-state index in [0.29, 0.717) is 6.61 Å². The maximum Gasteiger partial charge on any atom is 0.0434 e. The zero-order valence-corrected chi connectivity index (χ0v) is 13.1. The summed E-state index contributed by atoms with van der Waals surface area (Å²) in [5, 5.41) is 9.02. The van der Waals surface area contributed by atoms with Crippen LogP contribution in [0.2, 0.25) is 0 Å². The standard InChI is InChI=1S/C17H35NO/c1-2-3-4-5-6-7-8-9-13-18-14-10-11-17(16-18)12-15-19/h17,19H,2-16H2,1H3. The molecule has 19 heavy (non-hydrogen) atoms. The second-order valence-corrected chi connectivity index (χ2v) is 6.30. The van der Waals surface area contributed by atoms with E-state index in [1.807, 2.05) is 0 Å². The van der Waals surface area contributed by atoms with Crippen molar-refractivity contribution in [1.82, 2.24) is 4.90 Å². The Balaban J connectivity index is 1.91. The summed E-state index contributed by atoms with van der Waals surface area (Å²) in [6, 6.07) is 0. The second-order valence-electron chi connectivity index (χ2n) is 6.30. The average molecular weight is 269 g/mol. The van der Waals surface area contributed by atoms with E-state index in [2.05, 4.69) is 11.8 Å². The Morgan fingerprint density at radius 1 is 1.00 bits per heavy atom. The molecule has 0 amide bonds. The van der Waals surface area contributed by atoms with Crippen LogP contribution in [0.15, 0.2) is 0 Å². The molecule has 0 aliphatic carbocycles. The topological polar surface area (TPSA) is 23.5 Å². The zero-order valence-electron chi connectivity index (χ0n) is 13.1. The molecular formula is C17H35NO. The summed E-state index contributed by atoms with van der Waals surface area (Å²) in [7, 11) is 0. The summed E-state index contributed by atoms with van der Waals surface area (Å²) in [6.07, 6.45) is 15.0. The van der Waals surface area contributed by atoms with E-state index in [1.165, 1.54) is 83.8 Å². The van der Waals surface area contributed by atoms with Crippen LogP contribution in [0.3, 0.4) is 0 Å². The van der Waals surface area contributed by atoms with Crippen LogP contribution in [0.4, 0.5) is 0 Å². The minimum Gasteiger partial charge on any atom is -0.396 e. The minimum absolute atomic E-state index is 0.371. The maximum atomic E-state index is 9.02. The van der Waals surface area contributed by atoms with Gasteiger partial charge in [-0.2, -0.15) is 0 Å². The predicted octanol–water partition coefficient (Wildman–Crippen LogP) is 4.22. The molecule has 0 radical (unpaired) electrons. The minimum atomic E-state index is 0.371. The highest BCUT2D eigenvalue weighted by molar-refractivity contribution is 4.72. The van der Waals surface area contributed by atoms with Crippen LogP contribution in [-0.2, 0) is 0 Å². The molecule has 1 rings (SSSR count). The van der Waals surface area contributed by atoms with E-state index in [4.69, 9.17) is 5.11 Å². The van der Waals surface area contributed by atoms with Gasteiger partial charge in [-0.05, 0) is 44.7 Å². The number of rotatable bonds is 11. The van der Waals surface area contributed by atoms with Crippen molar-refractivity contribution >= 4 is 0 Å². The third kappa shape index (κ3) is 8.65. The molecule has 1 saturated heterocycles. The Morgan fingerprint density at radius 2 is 1.68 bits per heavy atom. The molecule has 1 aliphatic heterocycles. The van der Waals surface area contributed by atoms with E-state index in [0.717, 1.165) is 12.3 Å². The Kier molecular flexibility index (Phi) is 10.5. The molecule has 1 atom stereocenters. The fourth-order valence-corrected chi connectivity index (χ4v) is 3.24. The van der Waals surface area contributed by atoms with E-state index < -0.39 is 0 Å². The molecule has 2 heteroatoms. The van der Waals surface area contributed by atoms with Gasteiger partial charge in [0.15, 0.2) is 0 Å². The number of likely N-dealkylation sites (tertiary alicyclic amines) is 1. The van der Waals surface area contributed by atoms with Crippen molar-refractivity contribution < 1.29 is 5.11 Å². The SMILES string of the molecule is CCCCCCCCCCN1CCCC(CCO)C1. The van der Waals surface area contributed by atoms with Gasteiger partial charge in [-0.3, -0.25) is 0 Å². The van der Waals surface area contributed by atoms with E-state index in [9.17, 15) is 0 Å². The van der Waals surface area contributed by atoms with E-state index in [1.54, 1.807) is 0 Å². The molecule has 0 aromatic carbocycles. The number of aliphatic hydroxyl groups is 1. The molecule has 2 nitrogen and oxygen atoms in total. The van der Waals surface area contributed by atoms with Gasteiger partial charge in [0.05, 0.1) is 0 Å². The van der Waals surface area contributed by atoms with Gasteiger partial charge >= 0.3 is 0 Å². The lowest BCUT2D eigenvalue weighted by Crippen LogP contribution is -2.36. The molecule has 0 bridgehead atoms.